The summed E-state index contributed by atoms with van der Waals surface area (Å²) in [5, 5.41) is 0.803. The standard InChI is InChI=1S/C10H8Cl2OS/c1-5-4-7-8(11)3-2-6(10(12)13)9(7)14-5/h2-3,5H,4H2,1H3. The van der Waals surface area contributed by atoms with Crippen molar-refractivity contribution in [3.8, 4) is 0 Å². The Morgan fingerprint density at radius 3 is 2.93 bits per heavy atom. The molecule has 1 aliphatic rings. The number of thioether (sulfide) groups is 1. The minimum absolute atomic E-state index is 0.403. The second-order valence-electron chi connectivity index (χ2n) is 3.31. The Morgan fingerprint density at radius 2 is 2.29 bits per heavy atom. The van der Waals surface area contributed by atoms with E-state index in [0.29, 0.717) is 10.8 Å². The summed E-state index contributed by atoms with van der Waals surface area (Å²) in [6.07, 6.45) is 0.914. The summed E-state index contributed by atoms with van der Waals surface area (Å²) in [4.78, 5) is 12.1. The highest BCUT2D eigenvalue weighted by atomic mass is 35.5. The summed E-state index contributed by atoms with van der Waals surface area (Å²) in [6.45, 7) is 2.11. The first-order valence-corrected chi connectivity index (χ1v) is 5.91. The zero-order chi connectivity index (χ0) is 10.3. The van der Waals surface area contributed by atoms with Gasteiger partial charge in [-0.2, -0.15) is 0 Å². The maximum absolute atomic E-state index is 11.1. The van der Waals surface area contributed by atoms with E-state index in [2.05, 4.69) is 6.92 Å². The van der Waals surface area contributed by atoms with Crippen molar-refractivity contribution < 1.29 is 4.79 Å². The third kappa shape index (κ3) is 1.67. The molecule has 0 aromatic heterocycles. The van der Waals surface area contributed by atoms with E-state index in [1.807, 2.05) is 0 Å². The zero-order valence-corrected chi connectivity index (χ0v) is 9.84. The molecule has 1 aromatic rings. The molecule has 0 aliphatic carbocycles. The Labute approximate surface area is 96.8 Å². The van der Waals surface area contributed by atoms with Gasteiger partial charge >= 0.3 is 0 Å². The van der Waals surface area contributed by atoms with Gasteiger partial charge in [-0.05, 0) is 35.7 Å². The molecule has 1 aromatic carbocycles. The lowest BCUT2D eigenvalue weighted by atomic mass is 10.1. The zero-order valence-electron chi connectivity index (χ0n) is 7.51. The Balaban J connectivity index is 2.59. The van der Waals surface area contributed by atoms with Crippen molar-refractivity contribution in [1.29, 1.82) is 0 Å². The first-order valence-electron chi connectivity index (χ1n) is 4.27. The summed E-state index contributed by atoms with van der Waals surface area (Å²) >= 11 is 13.2. The van der Waals surface area contributed by atoms with E-state index < -0.39 is 5.24 Å². The van der Waals surface area contributed by atoms with Gasteiger partial charge in [-0.3, -0.25) is 4.79 Å². The highest BCUT2D eigenvalue weighted by Crippen LogP contribution is 2.42. The number of rotatable bonds is 1. The molecule has 0 amide bonds. The van der Waals surface area contributed by atoms with Crippen LogP contribution in [0.4, 0.5) is 0 Å². The molecule has 0 bridgehead atoms. The highest BCUT2D eigenvalue weighted by Gasteiger charge is 2.25. The smallest absolute Gasteiger partial charge is 0.253 e. The van der Waals surface area contributed by atoms with Crippen molar-refractivity contribution in [2.75, 3.05) is 0 Å². The Hall–Kier alpha value is -0.180. The molecule has 0 saturated carbocycles. The molecule has 1 nitrogen and oxygen atoms in total. The predicted molar refractivity (Wildman–Crippen MR) is 60.7 cm³/mol. The van der Waals surface area contributed by atoms with Crippen LogP contribution in [-0.4, -0.2) is 10.5 Å². The van der Waals surface area contributed by atoms with Gasteiger partial charge in [0.25, 0.3) is 5.24 Å². The van der Waals surface area contributed by atoms with Gasteiger partial charge in [-0.25, -0.2) is 0 Å². The summed E-state index contributed by atoms with van der Waals surface area (Å²) in [6, 6.07) is 3.44. The number of benzene rings is 1. The maximum atomic E-state index is 11.1. The number of carbonyl (C=O) groups is 1. The summed E-state index contributed by atoms with van der Waals surface area (Å²) in [5.41, 5.74) is 1.65. The Morgan fingerprint density at radius 1 is 1.57 bits per heavy atom. The Bertz CT molecular complexity index is 403. The van der Waals surface area contributed by atoms with Crippen molar-refractivity contribution in [3.05, 3.63) is 28.3 Å². The van der Waals surface area contributed by atoms with Gasteiger partial charge in [-0.1, -0.05) is 18.5 Å². The van der Waals surface area contributed by atoms with E-state index in [0.717, 1.165) is 21.9 Å². The van der Waals surface area contributed by atoms with Crippen LogP contribution in [0.1, 0.15) is 22.8 Å². The van der Waals surface area contributed by atoms with Crippen LogP contribution in [0.2, 0.25) is 5.02 Å². The lowest BCUT2D eigenvalue weighted by Crippen LogP contribution is -1.94. The molecule has 0 radical (unpaired) electrons. The molecule has 1 heterocycles. The van der Waals surface area contributed by atoms with Crippen LogP contribution in [0.15, 0.2) is 17.0 Å². The van der Waals surface area contributed by atoms with Gasteiger partial charge in [0.15, 0.2) is 0 Å². The second kappa shape index (κ2) is 3.76. The number of hydrogen-bond donors (Lipinski definition) is 0. The molecule has 4 heteroatoms. The van der Waals surface area contributed by atoms with Gasteiger partial charge in [0.1, 0.15) is 0 Å². The quantitative estimate of drug-likeness (QED) is 0.703. The second-order valence-corrected chi connectivity index (χ2v) is 5.51. The molecule has 1 aliphatic heterocycles. The van der Waals surface area contributed by atoms with Gasteiger partial charge in [0.2, 0.25) is 0 Å². The van der Waals surface area contributed by atoms with E-state index >= 15 is 0 Å². The third-order valence-corrected chi connectivity index (χ3v) is 4.05. The minimum atomic E-state index is -0.403. The van der Waals surface area contributed by atoms with Crippen molar-refractivity contribution in [3.63, 3.8) is 0 Å². The first-order chi connectivity index (χ1) is 6.59. The summed E-state index contributed by atoms with van der Waals surface area (Å²) in [7, 11) is 0. The Kier molecular flexibility index (Phi) is 2.78. The fourth-order valence-corrected chi connectivity index (χ4v) is 3.39. The fraction of sp³-hybridized carbons (Fsp3) is 0.300. The monoisotopic (exact) mass is 246 g/mol. The van der Waals surface area contributed by atoms with Crippen LogP contribution in [-0.2, 0) is 6.42 Å². The number of carbonyl (C=O) groups excluding carboxylic acids is 1. The summed E-state index contributed by atoms with van der Waals surface area (Å²) in [5.74, 6) is 0. The average molecular weight is 247 g/mol. The predicted octanol–water partition coefficient (Wildman–Crippen LogP) is 3.76. The van der Waals surface area contributed by atoms with E-state index in [1.165, 1.54) is 0 Å². The SMILES string of the molecule is CC1Cc2c(Cl)ccc(C(=O)Cl)c2S1. The molecular formula is C10H8Cl2OS. The summed E-state index contributed by atoms with van der Waals surface area (Å²) < 4.78 is 0. The number of fused-ring (bicyclic) bond motifs is 1. The van der Waals surface area contributed by atoms with Crippen LogP contribution in [0.5, 0.6) is 0 Å². The van der Waals surface area contributed by atoms with Crippen molar-refractivity contribution in [1.82, 2.24) is 0 Å². The van der Waals surface area contributed by atoms with Crippen LogP contribution >= 0.6 is 35.0 Å². The molecule has 1 unspecified atom stereocenters. The lowest BCUT2D eigenvalue weighted by molar-refractivity contribution is 0.107. The lowest BCUT2D eigenvalue weighted by Gasteiger charge is -2.04. The molecular weight excluding hydrogens is 239 g/mol. The number of hydrogen-bond acceptors (Lipinski definition) is 2. The van der Waals surface area contributed by atoms with Gasteiger partial charge in [0, 0.05) is 20.7 Å². The minimum Gasteiger partial charge on any atom is -0.276 e. The maximum Gasteiger partial charge on any atom is 0.253 e. The van der Waals surface area contributed by atoms with Crippen LogP contribution < -0.4 is 0 Å². The molecule has 74 valence electrons. The van der Waals surface area contributed by atoms with E-state index in [-0.39, 0.29) is 0 Å². The first kappa shape index (κ1) is 10.3. The van der Waals surface area contributed by atoms with E-state index in [4.69, 9.17) is 23.2 Å². The van der Waals surface area contributed by atoms with Gasteiger partial charge in [-0.15, -0.1) is 11.8 Å². The van der Waals surface area contributed by atoms with E-state index in [1.54, 1.807) is 23.9 Å². The molecule has 0 spiro atoms. The molecule has 2 rings (SSSR count). The molecule has 0 fully saturated rings. The molecule has 0 saturated heterocycles. The highest BCUT2D eigenvalue weighted by molar-refractivity contribution is 8.00. The van der Waals surface area contributed by atoms with E-state index in [9.17, 15) is 4.79 Å². The van der Waals surface area contributed by atoms with Crippen LogP contribution in [0.3, 0.4) is 0 Å². The molecule has 14 heavy (non-hydrogen) atoms. The van der Waals surface area contributed by atoms with Crippen molar-refractivity contribution >= 4 is 40.2 Å². The number of halogens is 2. The molecule has 1 atom stereocenters. The average Bonchev–Trinajstić information content (AvgIpc) is 2.47. The normalized spacial score (nSPS) is 19.5. The fourth-order valence-electron chi connectivity index (χ4n) is 1.61. The topological polar surface area (TPSA) is 17.1 Å². The van der Waals surface area contributed by atoms with Gasteiger partial charge < -0.3 is 0 Å². The van der Waals surface area contributed by atoms with Gasteiger partial charge in [0.05, 0.1) is 0 Å². The van der Waals surface area contributed by atoms with Crippen molar-refractivity contribution in [2.24, 2.45) is 0 Å². The van der Waals surface area contributed by atoms with Crippen molar-refractivity contribution in [2.45, 2.75) is 23.5 Å². The van der Waals surface area contributed by atoms with Crippen LogP contribution in [0, 0.1) is 0 Å². The largest absolute Gasteiger partial charge is 0.276 e. The third-order valence-electron chi connectivity index (χ3n) is 2.23. The molecule has 0 N–H and O–H groups in total. The van der Waals surface area contributed by atoms with Crippen LogP contribution in [0.25, 0.3) is 0 Å².